The van der Waals surface area contributed by atoms with Crippen LogP contribution in [0.1, 0.15) is 44.4 Å². The molecule has 0 radical (unpaired) electrons. The molecule has 0 aliphatic rings. The van der Waals surface area contributed by atoms with Gasteiger partial charge in [0.2, 0.25) is 0 Å². The standard InChI is InChI=1S/C30H38N3O6P/c1-22(2)32-40(36,33-23(3)4)39-27-17-15-24(16-18-27)19-28(29(34)37-20-25-11-7-5-8-12-25)31-30(35)38-21-26-13-9-6-10-14-26/h5-18,22-23,28H,19-21H2,1-4H3,(H,31,35)(H2,32,33,36)/t28-/m0/s1. The molecule has 0 aliphatic carbocycles. The van der Waals surface area contributed by atoms with Crippen LogP contribution in [0.4, 0.5) is 4.79 Å². The Bertz CT molecular complexity index is 1240. The van der Waals surface area contributed by atoms with Gasteiger partial charge in [0.25, 0.3) is 0 Å². The number of nitrogens with one attached hydrogen (secondary N) is 3. The van der Waals surface area contributed by atoms with Crippen LogP contribution in [0, 0.1) is 0 Å². The monoisotopic (exact) mass is 567 g/mol. The zero-order chi connectivity index (χ0) is 29.0. The zero-order valence-corrected chi connectivity index (χ0v) is 24.2. The number of hydrogen-bond donors (Lipinski definition) is 3. The van der Waals surface area contributed by atoms with Crippen molar-refractivity contribution in [3.05, 3.63) is 102 Å². The highest BCUT2D eigenvalue weighted by molar-refractivity contribution is 7.55. The Hall–Kier alpha value is -3.65. The highest BCUT2D eigenvalue weighted by Gasteiger charge is 2.27. The molecule has 0 saturated heterocycles. The minimum atomic E-state index is -3.35. The molecular weight excluding hydrogens is 529 g/mol. The first kappa shape index (κ1) is 30.9. The summed E-state index contributed by atoms with van der Waals surface area (Å²) in [4.78, 5) is 25.6. The van der Waals surface area contributed by atoms with Crippen molar-refractivity contribution < 1.29 is 28.2 Å². The quantitative estimate of drug-likeness (QED) is 0.167. The maximum Gasteiger partial charge on any atom is 0.408 e. The van der Waals surface area contributed by atoms with Gasteiger partial charge in [-0.25, -0.2) is 24.3 Å². The van der Waals surface area contributed by atoms with Gasteiger partial charge < -0.3 is 19.3 Å². The van der Waals surface area contributed by atoms with Crippen LogP contribution in [0.3, 0.4) is 0 Å². The molecule has 1 atom stereocenters. The van der Waals surface area contributed by atoms with Crippen molar-refractivity contribution >= 4 is 19.7 Å². The maximum absolute atomic E-state index is 13.3. The highest BCUT2D eigenvalue weighted by atomic mass is 31.2. The largest absolute Gasteiger partial charge is 0.459 e. The van der Waals surface area contributed by atoms with Gasteiger partial charge in [-0.1, -0.05) is 72.8 Å². The van der Waals surface area contributed by atoms with Crippen LogP contribution >= 0.6 is 7.67 Å². The minimum absolute atomic E-state index is 0.0632. The molecule has 0 saturated carbocycles. The smallest absolute Gasteiger partial charge is 0.408 e. The van der Waals surface area contributed by atoms with Crippen LogP contribution < -0.4 is 20.0 Å². The Kier molecular flexibility index (Phi) is 11.8. The SMILES string of the molecule is CC(C)NP(=O)(NC(C)C)Oc1ccc(C[C@H](NC(=O)OCc2ccccc2)C(=O)OCc2ccccc2)cc1. The molecule has 3 aromatic rings. The van der Waals surface area contributed by atoms with Crippen LogP contribution in [0.2, 0.25) is 0 Å². The Morgan fingerprint density at radius 3 is 1.70 bits per heavy atom. The van der Waals surface area contributed by atoms with Gasteiger partial charge in [0.1, 0.15) is 25.0 Å². The maximum atomic E-state index is 13.3. The van der Waals surface area contributed by atoms with Crippen molar-refractivity contribution in [2.75, 3.05) is 0 Å². The number of esters is 1. The van der Waals surface area contributed by atoms with E-state index >= 15 is 0 Å². The number of hydrogen-bond acceptors (Lipinski definition) is 6. The van der Waals surface area contributed by atoms with E-state index in [-0.39, 0.29) is 31.7 Å². The molecule has 1 amide bonds. The predicted molar refractivity (Wildman–Crippen MR) is 155 cm³/mol. The molecule has 40 heavy (non-hydrogen) atoms. The van der Waals surface area contributed by atoms with Crippen LogP contribution in [-0.2, 0) is 38.5 Å². The van der Waals surface area contributed by atoms with Crippen molar-refractivity contribution in [2.45, 2.75) is 65.5 Å². The number of ether oxygens (including phenoxy) is 2. The van der Waals surface area contributed by atoms with E-state index in [4.69, 9.17) is 14.0 Å². The molecule has 214 valence electrons. The third-order valence-electron chi connectivity index (χ3n) is 5.47. The lowest BCUT2D eigenvalue weighted by molar-refractivity contribution is -0.147. The molecular formula is C30H38N3O6P. The second-order valence-electron chi connectivity index (χ2n) is 9.91. The highest BCUT2D eigenvalue weighted by Crippen LogP contribution is 2.40. The molecule has 3 aromatic carbocycles. The van der Waals surface area contributed by atoms with E-state index in [1.54, 1.807) is 24.3 Å². The third-order valence-corrected chi connectivity index (χ3v) is 7.65. The number of rotatable bonds is 14. The van der Waals surface area contributed by atoms with E-state index < -0.39 is 25.8 Å². The number of amides is 1. The van der Waals surface area contributed by atoms with Gasteiger partial charge in [0.15, 0.2) is 0 Å². The average Bonchev–Trinajstić information content (AvgIpc) is 2.91. The summed E-state index contributed by atoms with van der Waals surface area (Å²) in [7, 11) is -3.35. The lowest BCUT2D eigenvalue weighted by Gasteiger charge is -2.25. The molecule has 0 aromatic heterocycles. The second-order valence-corrected chi connectivity index (χ2v) is 11.7. The van der Waals surface area contributed by atoms with Crippen LogP contribution in [-0.4, -0.2) is 30.2 Å². The molecule has 0 heterocycles. The first-order valence-corrected chi connectivity index (χ1v) is 14.9. The summed E-state index contributed by atoms with van der Waals surface area (Å²) in [5.41, 5.74) is 2.39. The molecule has 3 rings (SSSR count). The number of carbonyl (C=O) groups is 2. The van der Waals surface area contributed by atoms with E-state index in [2.05, 4.69) is 15.5 Å². The summed E-state index contributed by atoms with van der Waals surface area (Å²) in [6.07, 6.45) is -0.577. The number of carbonyl (C=O) groups excluding carboxylic acids is 2. The van der Waals surface area contributed by atoms with Crippen molar-refractivity contribution in [3.63, 3.8) is 0 Å². The summed E-state index contributed by atoms with van der Waals surface area (Å²) >= 11 is 0. The Morgan fingerprint density at radius 2 is 1.20 bits per heavy atom. The Balaban J connectivity index is 1.68. The van der Waals surface area contributed by atoms with Gasteiger partial charge in [-0.2, -0.15) is 0 Å². The summed E-state index contributed by atoms with van der Waals surface area (Å²) in [6, 6.07) is 24.3. The first-order valence-electron chi connectivity index (χ1n) is 13.2. The fraction of sp³-hybridized carbons (Fsp3) is 0.333. The average molecular weight is 568 g/mol. The fourth-order valence-electron chi connectivity index (χ4n) is 3.77. The third kappa shape index (κ3) is 10.8. The summed E-state index contributed by atoms with van der Waals surface area (Å²) < 4.78 is 29.9. The van der Waals surface area contributed by atoms with Crippen LogP contribution in [0.5, 0.6) is 5.75 Å². The van der Waals surface area contributed by atoms with Crippen LogP contribution in [0.15, 0.2) is 84.9 Å². The second kappa shape index (κ2) is 15.2. The van der Waals surface area contributed by atoms with Gasteiger partial charge in [-0.05, 0) is 56.5 Å². The van der Waals surface area contributed by atoms with Crippen LogP contribution in [0.25, 0.3) is 0 Å². The summed E-state index contributed by atoms with van der Waals surface area (Å²) in [5, 5.41) is 8.58. The lowest BCUT2D eigenvalue weighted by Crippen LogP contribution is -2.43. The van der Waals surface area contributed by atoms with Crippen molar-refractivity contribution in [3.8, 4) is 5.75 Å². The Labute approximate surface area is 236 Å². The van der Waals surface area contributed by atoms with Crippen molar-refractivity contribution in [1.82, 2.24) is 15.5 Å². The molecule has 0 aliphatic heterocycles. The first-order chi connectivity index (χ1) is 19.1. The molecule has 3 N–H and O–H groups in total. The van der Waals surface area contributed by atoms with E-state index in [1.807, 2.05) is 88.4 Å². The summed E-state index contributed by atoms with van der Waals surface area (Å²) in [5.74, 6) is -0.195. The Morgan fingerprint density at radius 1 is 0.700 bits per heavy atom. The lowest BCUT2D eigenvalue weighted by atomic mass is 10.1. The zero-order valence-electron chi connectivity index (χ0n) is 23.3. The van der Waals surface area contributed by atoms with E-state index in [9.17, 15) is 14.2 Å². The van der Waals surface area contributed by atoms with E-state index in [1.165, 1.54) is 0 Å². The number of alkyl carbamates (subject to hydrolysis) is 1. The van der Waals surface area contributed by atoms with Gasteiger partial charge >= 0.3 is 19.7 Å². The normalized spacial score (nSPS) is 12.2. The van der Waals surface area contributed by atoms with Gasteiger partial charge in [-0.15, -0.1) is 0 Å². The minimum Gasteiger partial charge on any atom is -0.459 e. The van der Waals surface area contributed by atoms with Gasteiger partial charge in [0.05, 0.1) is 0 Å². The molecule has 10 heteroatoms. The van der Waals surface area contributed by atoms with Gasteiger partial charge in [0, 0.05) is 18.5 Å². The predicted octanol–water partition coefficient (Wildman–Crippen LogP) is 5.75. The van der Waals surface area contributed by atoms with Crippen molar-refractivity contribution in [1.29, 1.82) is 0 Å². The number of benzene rings is 3. The van der Waals surface area contributed by atoms with E-state index in [0.717, 1.165) is 16.7 Å². The summed E-state index contributed by atoms with van der Waals surface area (Å²) in [6.45, 7) is 7.68. The van der Waals surface area contributed by atoms with E-state index in [0.29, 0.717) is 5.75 Å². The molecule has 0 bridgehead atoms. The molecule has 0 fully saturated rings. The van der Waals surface area contributed by atoms with Gasteiger partial charge in [-0.3, -0.25) is 0 Å². The fourth-order valence-corrected chi connectivity index (χ4v) is 5.73. The molecule has 9 nitrogen and oxygen atoms in total. The topological polar surface area (TPSA) is 115 Å². The van der Waals surface area contributed by atoms with Crippen molar-refractivity contribution in [2.24, 2.45) is 0 Å². The molecule has 0 unspecified atom stereocenters. The molecule has 0 spiro atoms.